The highest BCUT2D eigenvalue weighted by atomic mass is 35.5. The van der Waals surface area contributed by atoms with Gasteiger partial charge in [-0.15, -0.1) is 12.4 Å². The van der Waals surface area contributed by atoms with Crippen molar-refractivity contribution in [2.24, 2.45) is 4.99 Å². The van der Waals surface area contributed by atoms with Crippen LogP contribution < -0.4 is 5.32 Å². The molecule has 3 heteroatoms. The predicted molar refractivity (Wildman–Crippen MR) is 37.8 cm³/mol. The SMILES string of the molecule is C1=NCCCCN1.Cl. The Morgan fingerprint density at radius 1 is 1.38 bits per heavy atom. The molecule has 1 heterocycles. The highest BCUT2D eigenvalue weighted by molar-refractivity contribution is 5.85. The summed E-state index contributed by atoms with van der Waals surface area (Å²) in [6.45, 7) is 2.11. The van der Waals surface area contributed by atoms with Crippen molar-refractivity contribution in [3.8, 4) is 0 Å². The molecule has 0 aromatic rings. The lowest BCUT2D eigenvalue weighted by molar-refractivity contribution is 0.751. The van der Waals surface area contributed by atoms with Gasteiger partial charge in [-0.1, -0.05) is 0 Å². The number of hydrogen-bond donors (Lipinski definition) is 1. The molecule has 0 aromatic heterocycles. The van der Waals surface area contributed by atoms with Gasteiger partial charge in [-0.2, -0.15) is 0 Å². The molecule has 0 saturated carbocycles. The van der Waals surface area contributed by atoms with Crippen LogP contribution in [0.25, 0.3) is 0 Å². The smallest absolute Gasteiger partial charge is 0.0823 e. The number of rotatable bonds is 0. The zero-order valence-corrected chi connectivity index (χ0v) is 5.58. The molecule has 0 spiro atoms. The van der Waals surface area contributed by atoms with Crippen molar-refractivity contribution in [1.82, 2.24) is 5.32 Å². The summed E-state index contributed by atoms with van der Waals surface area (Å²) in [5.41, 5.74) is 0. The molecule has 48 valence electrons. The van der Waals surface area contributed by atoms with Gasteiger partial charge >= 0.3 is 0 Å². The van der Waals surface area contributed by atoms with E-state index in [1.54, 1.807) is 6.34 Å². The monoisotopic (exact) mass is 134 g/mol. The van der Waals surface area contributed by atoms with Crippen LogP contribution in [0.2, 0.25) is 0 Å². The minimum absolute atomic E-state index is 0. The van der Waals surface area contributed by atoms with Crippen molar-refractivity contribution in [1.29, 1.82) is 0 Å². The van der Waals surface area contributed by atoms with Crippen molar-refractivity contribution in [2.75, 3.05) is 13.1 Å². The van der Waals surface area contributed by atoms with Gasteiger partial charge in [0, 0.05) is 13.1 Å². The molecule has 0 unspecified atom stereocenters. The lowest BCUT2D eigenvalue weighted by atomic mass is 10.3. The summed E-state index contributed by atoms with van der Waals surface area (Å²) in [4.78, 5) is 4.03. The molecule has 1 aliphatic rings. The Morgan fingerprint density at radius 3 is 3.12 bits per heavy atom. The van der Waals surface area contributed by atoms with E-state index in [-0.39, 0.29) is 12.4 Å². The van der Waals surface area contributed by atoms with Gasteiger partial charge < -0.3 is 5.32 Å². The third-order valence-corrected chi connectivity index (χ3v) is 1.04. The van der Waals surface area contributed by atoms with E-state index in [0.29, 0.717) is 0 Å². The maximum Gasteiger partial charge on any atom is 0.0823 e. The standard InChI is InChI=1S/C5H10N2.ClH/c1-2-4-7-5-6-3-1;/h5H,1-4H2,(H,6,7);1H. The fraction of sp³-hybridized carbons (Fsp3) is 0.800. The zero-order chi connectivity index (χ0) is 4.95. The van der Waals surface area contributed by atoms with Crippen LogP contribution in [0.4, 0.5) is 0 Å². The molecule has 1 aliphatic heterocycles. The summed E-state index contributed by atoms with van der Waals surface area (Å²) < 4.78 is 0. The average Bonchev–Trinajstić information content (AvgIpc) is 1.90. The molecular weight excluding hydrogens is 124 g/mol. The third-order valence-electron chi connectivity index (χ3n) is 1.04. The molecule has 0 bridgehead atoms. The summed E-state index contributed by atoms with van der Waals surface area (Å²) in [6, 6.07) is 0. The van der Waals surface area contributed by atoms with Gasteiger partial charge in [-0.05, 0) is 12.8 Å². The molecule has 0 fully saturated rings. The molecule has 0 saturated heterocycles. The minimum Gasteiger partial charge on any atom is -0.376 e. The summed E-state index contributed by atoms with van der Waals surface area (Å²) in [5, 5.41) is 3.06. The maximum atomic E-state index is 4.03. The zero-order valence-electron chi connectivity index (χ0n) is 4.76. The van der Waals surface area contributed by atoms with Crippen molar-refractivity contribution in [3.05, 3.63) is 0 Å². The van der Waals surface area contributed by atoms with Crippen molar-refractivity contribution in [2.45, 2.75) is 12.8 Å². The van der Waals surface area contributed by atoms with Gasteiger partial charge in [0.25, 0.3) is 0 Å². The lowest BCUT2D eigenvalue weighted by Gasteiger charge is -1.89. The van der Waals surface area contributed by atoms with Gasteiger partial charge in [0.2, 0.25) is 0 Å². The molecule has 0 amide bonds. The molecule has 0 aliphatic carbocycles. The highest BCUT2D eigenvalue weighted by Gasteiger charge is 1.87. The van der Waals surface area contributed by atoms with Crippen LogP contribution >= 0.6 is 12.4 Å². The Kier molecular flexibility index (Phi) is 4.76. The van der Waals surface area contributed by atoms with E-state index in [1.807, 2.05) is 0 Å². The van der Waals surface area contributed by atoms with Gasteiger partial charge in [0.05, 0.1) is 6.34 Å². The maximum absolute atomic E-state index is 4.03. The largest absolute Gasteiger partial charge is 0.376 e. The van der Waals surface area contributed by atoms with Gasteiger partial charge in [0.1, 0.15) is 0 Å². The molecular formula is C5H11ClN2. The van der Waals surface area contributed by atoms with E-state index >= 15 is 0 Å². The Hall–Kier alpha value is -0.240. The summed E-state index contributed by atoms with van der Waals surface area (Å²) in [7, 11) is 0. The van der Waals surface area contributed by atoms with E-state index in [0.717, 1.165) is 13.1 Å². The predicted octanol–water partition coefficient (Wildman–Crippen LogP) is 0.820. The first kappa shape index (κ1) is 7.76. The molecule has 0 atom stereocenters. The number of aliphatic imine (C=N–C) groups is 1. The van der Waals surface area contributed by atoms with E-state index in [1.165, 1.54) is 12.8 Å². The Morgan fingerprint density at radius 2 is 2.25 bits per heavy atom. The van der Waals surface area contributed by atoms with E-state index in [2.05, 4.69) is 10.3 Å². The molecule has 2 nitrogen and oxygen atoms in total. The Labute approximate surface area is 55.8 Å². The second-order valence-electron chi connectivity index (χ2n) is 1.70. The van der Waals surface area contributed by atoms with Crippen LogP contribution in [-0.2, 0) is 0 Å². The van der Waals surface area contributed by atoms with Crippen LogP contribution in [0.1, 0.15) is 12.8 Å². The first-order chi connectivity index (χ1) is 3.50. The summed E-state index contributed by atoms with van der Waals surface area (Å²) in [5.74, 6) is 0. The van der Waals surface area contributed by atoms with Gasteiger partial charge in [-0.3, -0.25) is 4.99 Å². The number of halogens is 1. The Bertz CT molecular complexity index is 64.8. The van der Waals surface area contributed by atoms with E-state index < -0.39 is 0 Å². The fourth-order valence-electron chi connectivity index (χ4n) is 0.624. The number of nitrogens with one attached hydrogen (secondary N) is 1. The summed E-state index contributed by atoms with van der Waals surface area (Å²) >= 11 is 0. The first-order valence-corrected chi connectivity index (χ1v) is 2.72. The van der Waals surface area contributed by atoms with Gasteiger partial charge in [0.15, 0.2) is 0 Å². The Balaban J connectivity index is 0.000000490. The molecule has 1 N–H and O–H groups in total. The molecule has 0 aromatic carbocycles. The first-order valence-electron chi connectivity index (χ1n) is 2.72. The van der Waals surface area contributed by atoms with Crippen molar-refractivity contribution in [3.63, 3.8) is 0 Å². The van der Waals surface area contributed by atoms with Crippen molar-refractivity contribution >= 4 is 18.7 Å². The molecule has 8 heavy (non-hydrogen) atoms. The highest BCUT2D eigenvalue weighted by Crippen LogP contribution is 1.88. The molecule has 1 rings (SSSR count). The van der Waals surface area contributed by atoms with Gasteiger partial charge in [-0.25, -0.2) is 0 Å². The third kappa shape index (κ3) is 2.86. The minimum atomic E-state index is 0. The van der Waals surface area contributed by atoms with Crippen molar-refractivity contribution < 1.29 is 0 Å². The van der Waals surface area contributed by atoms with Crippen LogP contribution in [0, 0.1) is 0 Å². The summed E-state index contributed by atoms with van der Waals surface area (Å²) in [6.07, 6.45) is 4.30. The van der Waals surface area contributed by atoms with Crippen LogP contribution in [0.15, 0.2) is 4.99 Å². The lowest BCUT2D eigenvalue weighted by Crippen LogP contribution is -2.09. The number of hydrogen-bond acceptors (Lipinski definition) is 2. The van der Waals surface area contributed by atoms with Crippen LogP contribution in [0.5, 0.6) is 0 Å². The van der Waals surface area contributed by atoms with E-state index in [4.69, 9.17) is 0 Å². The average molecular weight is 135 g/mol. The normalized spacial score (nSPS) is 18.0. The van der Waals surface area contributed by atoms with Crippen LogP contribution in [-0.4, -0.2) is 19.4 Å². The quantitative estimate of drug-likeness (QED) is 0.521. The topological polar surface area (TPSA) is 24.4 Å². The second kappa shape index (κ2) is 4.91. The fourth-order valence-corrected chi connectivity index (χ4v) is 0.624. The second-order valence-corrected chi connectivity index (χ2v) is 1.70. The molecule has 0 radical (unpaired) electrons. The van der Waals surface area contributed by atoms with Crippen LogP contribution in [0.3, 0.4) is 0 Å². The number of nitrogens with zero attached hydrogens (tertiary/aromatic N) is 1. The van der Waals surface area contributed by atoms with E-state index in [9.17, 15) is 0 Å².